The van der Waals surface area contributed by atoms with E-state index in [4.69, 9.17) is 5.73 Å². The van der Waals surface area contributed by atoms with Gasteiger partial charge in [0.05, 0.1) is 16.4 Å². The first-order valence-electron chi connectivity index (χ1n) is 6.53. The van der Waals surface area contributed by atoms with E-state index in [1.807, 2.05) is 0 Å². The second kappa shape index (κ2) is 6.55. The van der Waals surface area contributed by atoms with Gasteiger partial charge in [-0.3, -0.25) is 4.79 Å². The molecule has 4 N–H and O–H groups in total. The van der Waals surface area contributed by atoms with Gasteiger partial charge in [0, 0.05) is 19.3 Å². The SMILES string of the molecule is CC(C)(CNCC(O)c1ccc(S(C)(=O)=O)cc1)C(N)=O. The Bertz CT molecular complexity index is 594. The summed E-state index contributed by atoms with van der Waals surface area (Å²) in [6.07, 6.45) is 0.341. The van der Waals surface area contributed by atoms with Crippen LogP contribution in [-0.4, -0.2) is 38.8 Å². The summed E-state index contributed by atoms with van der Waals surface area (Å²) >= 11 is 0. The van der Waals surface area contributed by atoms with Gasteiger partial charge in [-0.15, -0.1) is 0 Å². The van der Waals surface area contributed by atoms with Crippen molar-refractivity contribution in [3.8, 4) is 0 Å². The monoisotopic (exact) mass is 314 g/mol. The summed E-state index contributed by atoms with van der Waals surface area (Å²) in [5.41, 5.74) is 5.17. The minimum atomic E-state index is -3.24. The number of carbonyl (C=O) groups is 1. The Morgan fingerprint density at radius 1 is 1.33 bits per heavy atom. The lowest BCUT2D eigenvalue weighted by molar-refractivity contribution is -0.125. The van der Waals surface area contributed by atoms with Crippen molar-refractivity contribution in [3.63, 3.8) is 0 Å². The van der Waals surface area contributed by atoms with E-state index in [9.17, 15) is 18.3 Å². The van der Waals surface area contributed by atoms with Crippen molar-refractivity contribution in [1.29, 1.82) is 0 Å². The van der Waals surface area contributed by atoms with Gasteiger partial charge in [-0.1, -0.05) is 12.1 Å². The molecule has 1 atom stereocenters. The zero-order chi connectivity index (χ0) is 16.3. The molecule has 0 saturated carbocycles. The fourth-order valence-electron chi connectivity index (χ4n) is 1.66. The second-order valence-corrected chi connectivity index (χ2v) is 7.75. The average molecular weight is 314 g/mol. The number of carbonyl (C=O) groups excluding carboxylic acids is 1. The van der Waals surface area contributed by atoms with Crippen LogP contribution in [0.3, 0.4) is 0 Å². The number of nitrogens with two attached hydrogens (primary N) is 1. The number of benzene rings is 1. The molecular weight excluding hydrogens is 292 g/mol. The van der Waals surface area contributed by atoms with Gasteiger partial charge in [0.15, 0.2) is 9.84 Å². The van der Waals surface area contributed by atoms with Crippen molar-refractivity contribution in [2.24, 2.45) is 11.1 Å². The summed E-state index contributed by atoms with van der Waals surface area (Å²) in [5.74, 6) is -0.415. The quantitative estimate of drug-likeness (QED) is 0.667. The molecule has 0 aromatic heterocycles. The molecule has 0 aliphatic carbocycles. The molecule has 0 radical (unpaired) electrons. The Kier molecular flexibility index (Phi) is 5.49. The van der Waals surface area contributed by atoms with E-state index in [0.29, 0.717) is 12.1 Å². The number of aliphatic hydroxyl groups excluding tert-OH is 1. The molecule has 0 aliphatic heterocycles. The zero-order valence-electron chi connectivity index (χ0n) is 12.5. The second-order valence-electron chi connectivity index (χ2n) is 5.74. The molecule has 1 rings (SSSR count). The fraction of sp³-hybridized carbons (Fsp3) is 0.500. The first-order valence-corrected chi connectivity index (χ1v) is 8.42. The minimum Gasteiger partial charge on any atom is -0.387 e. The topological polar surface area (TPSA) is 109 Å². The molecular formula is C14H22N2O4S. The Balaban J connectivity index is 2.61. The van der Waals surface area contributed by atoms with Crippen LogP contribution < -0.4 is 11.1 Å². The number of hydrogen-bond donors (Lipinski definition) is 3. The predicted octanol–water partition coefficient (Wildman–Crippen LogP) is 0.225. The van der Waals surface area contributed by atoms with Gasteiger partial charge in [0.25, 0.3) is 0 Å². The van der Waals surface area contributed by atoms with Gasteiger partial charge in [-0.2, -0.15) is 0 Å². The maximum absolute atomic E-state index is 11.3. The molecule has 0 aliphatic rings. The van der Waals surface area contributed by atoms with Gasteiger partial charge in [-0.25, -0.2) is 8.42 Å². The maximum Gasteiger partial charge on any atom is 0.224 e. The average Bonchev–Trinajstić information content (AvgIpc) is 2.37. The summed E-state index contributed by atoms with van der Waals surface area (Å²) in [6, 6.07) is 6.06. The van der Waals surface area contributed by atoms with Crippen LogP contribution in [0.5, 0.6) is 0 Å². The Hall–Kier alpha value is -1.44. The summed E-state index contributed by atoms with van der Waals surface area (Å²) in [7, 11) is -3.24. The first kappa shape index (κ1) is 17.6. The van der Waals surface area contributed by atoms with Crippen LogP contribution in [0.25, 0.3) is 0 Å². The van der Waals surface area contributed by atoms with E-state index in [0.717, 1.165) is 6.26 Å². The molecule has 21 heavy (non-hydrogen) atoms. The van der Waals surface area contributed by atoms with Gasteiger partial charge in [0.1, 0.15) is 0 Å². The maximum atomic E-state index is 11.3. The molecule has 118 valence electrons. The van der Waals surface area contributed by atoms with E-state index in [1.165, 1.54) is 12.1 Å². The lowest BCUT2D eigenvalue weighted by Crippen LogP contribution is -2.41. The molecule has 0 fully saturated rings. The van der Waals surface area contributed by atoms with Crippen LogP contribution in [0.2, 0.25) is 0 Å². The molecule has 0 saturated heterocycles. The molecule has 1 aromatic rings. The Morgan fingerprint density at radius 3 is 2.29 bits per heavy atom. The van der Waals surface area contributed by atoms with Gasteiger partial charge >= 0.3 is 0 Å². The number of hydrogen-bond acceptors (Lipinski definition) is 5. The fourth-order valence-corrected chi connectivity index (χ4v) is 2.29. The first-order chi connectivity index (χ1) is 9.54. The van der Waals surface area contributed by atoms with E-state index in [-0.39, 0.29) is 11.4 Å². The third kappa shape index (κ3) is 5.11. The lowest BCUT2D eigenvalue weighted by Gasteiger charge is -2.22. The van der Waals surface area contributed by atoms with Crippen LogP contribution in [0, 0.1) is 5.41 Å². The normalized spacial score (nSPS) is 13.9. The standard InChI is InChI=1S/C14H22N2O4S/c1-14(2,13(15)18)9-16-8-12(17)10-4-6-11(7-5-10)21(3,19)20/h4-7,12,16-17H,8-9H2,1-3H3,(H2,15,18). The van der Waals surface area contributed by atoms with Gasteiger partial charge in [0.2, 0.25) is 5.91 Å². The summed E-state index contributed by atoms with van der Waals surface area (Å²) in [5, 5.41) is 13.0. The number of nitrogens with one attached hydrogen (secondary N) is 1. The van der Waals surface area contributed by atoms with Crippen molar-refractivity contribution in [2.45, 2.75) is 24.8 Å². The number of primary amides is 1. The zero-order valence-corrected chi connectivity index (χ0v) is 13.3. The van der Waals surface area contributed by atoms with Crippen LogP contribution >= 0.6 is 0 Å². The van der Waals surface area contributed by atoms with E-state index < -0.39 is 27.3 Å². The summed E-state index contributed by atoms with van der Waals surface area (Å²) < 4.78 is 22.7. The molecule has 6 nitrogen and oxygen atoms in total. The number of aliphatic hydroxyl groups is 1. The molecule has 0 spiro atoms. The highest BCUT2D eigenvalue weighted by atomic mass is 32.2. The highest BCUT2D eigenvalue weighted by molar-refractivity contribution is 7.90. The highest BCUT2D eigenvalue weighted by Crippen LogP contribution is 2.17. The lowest BCUT2D eigenvalue weighted by atomic mass is 9.92. The summed E-state index contributed by atoms with van der Waals surface area (Å²) in [4.78, 5) is 11.4. The van der Waals surface area contributed by atoms with E-state index in [1.54, 1.807) is 26.0 Å². The van der Waals surface area contributed by atoms with Crippen LogP contribution in [0.15, 0.2) is 29.2 Å². The van der Waals surface area contributed by atoms with Crippen molar-refractivity contribution in [1.82, 2.24) is 5.32 Å². The molecule has 0 heterocycles. The number of amides is 1. The highest BCUT2D eigenvalue weighted by Gasteiger charge is 2.24. The third-order valence-electron chi connectivity index (χ3n) is 3.26. The minimum absolute atomic E-state index is 0.210. The van der Waals surface area contributed by atoms with E-state index >= 15 is 0 Å². The van der Waals surface area contributed by atoms with Crippen LogP contribution in [-0.2, 0) is 14.6 Å². The van der Waals surface area contributed by atoms with Crippen molar-refractivity contribution in [3.05, 3.63) is 29.8 Å². The molecule has 1 unspecified atom stereocenters. The molecule has 0 bridgehead atoms. The third-order valence-corrected chi connectivity index (χ3v) is 4.39. The largest absolute Gasteiger partial charge is 0.387 e. The van der Waals surface area contributed by atoms with Crippen LogP contribution in [0.4, 0.5) is 0 Å². The van der Waals surface area contributed by atoms with E-state index in [2.05, 4.69) is 5.32 Å². The number of sulfone groups is 1. The molecule has 1 amide bonds. The van der Waals surface area contributed by atoms with Crippen molar-refractivity contribution < 1.29 is 18.3 Å². The molecule has 7 heteroatoms. The Morgan fingerprint density at radius 2 is 1.86 bits per heavy atom. The van der Waals surface area contributed by atoms with Crippen molar-refractivity contribution >= 4 is 15.7 Å². The molecule has 1 aromatic carbocycles. The predicted molar refractivity (Wildman–Crippen MR) is 80.4 cm³/mol. The summed E-state index contributed by atoms with van der Waals surface area (Å²) in [6.45, 7) is 4.03. The smallest absolute Gasteiger partial charge is 0.224 e. The Labute approximate surface area is 125 Å². The van der Waals surface area contributed by atoms with Gasteiger partial charge < -0.3 is 16.2 Å². The number of rotatable bonds is 7. The van der Waals surface area contributed by atoms with Gasteiger partial charge in [-0.05, 0) is 31.5 Å². The van der Waals surface area contributed by atoms with Crippen molar-refractivity contribution in [2.75, 3.05) is 19.3 Å². The van der Waals surface area contributed by atoms with Crippen LogP contribution in [0.1, 0.15) is 25.5 Å².